The molecule has 2 aromatic rings. The number of methoxy groups -OCH3 is 2. The molecule has 172 valence electrons. The van der Waals surface area contributed by atoms with Crippen molar-refractivity contribution in [1.82, 2.24) is 0 Å². The first-order valence-corrected chi connectivity index (χ1v) is 9.64. The van der Waals surface area contributed by atoms with E-state index in [0.717, 1.165) is 0 Å². The molecule has 0 aromatic heterocycles. The maximum Gasteiger partial charge on any atom is 0.337 e. The number of hydrogen-bond donors (Lipinski definition) is 3. The quantitative estimate of drug-likeness (QED) is 0.553. The molecular formula is C22H23FO9. The predicted octanol–water partition coefficient (Wildman–Crippen LogP) is 1.08. The number of esters is 2. The zero-order valence-electron chi connectivity index (χ0n) is 17.3. The second kappa shape index (κ2) is 10.0. The minimum Gasteiger partial charge on any atom is -0.465 e. The molecule has 1 aliphatic rings. The van der Waals surface area contributed by atoms with Crippen molar-refractivity contribution >= 4 is 11.9 Å². The van der Waals surface area contributed by atoms with Crippen LogP contribution in [0.15, 0.2) is 42.5 Å². The highest BCUT2D eigenvalue weighted by Gasteiger charge is 2.46. The van der Waals surface area contributed by atoms with Gasteiger partial charge in [-0.25, -0.2) is 14.0 Å². The lowest BCUT2D eigenvalue weighted by Crippen LogP contribution is -2.58. The molecule has 1 fully saturated rings. The fourth-order valence-corrected chi connectivity index (χ4v) is 3.27. The summed E-state index contributed by atoms with van der Waals surface area (Å²) in [7, 11) is 2.45. The number of benzene rings is 2. The molecule has 0 bridgehead atoms. The standard InChI is InChI=1S/C22H23FO9/c1-29-20(27)13-7-12(8-14(9-13)21(28)30-2)11-3-5-15(6-4-11)31-22-17(23)19(26)18(25)16(10-24)32-22/h3-9,16-19,22,24-26H,10H2,1-2H3/t16-,17+,18-,19-,22+/m1/s1. The van der Waals surface area contributed by atoms with Crippen molar-refractivity contribution in [2.75, 3.05) is 20.8 Å². The lowest BCUT2D eigenvalue weighted by molar-refractivity contribution is -0.261. The number of alkyl halides is 1. The summed E-state index contributed by atoms with van der Waals surface area (Å²) in [6.07, 6.45) is -8.12. The Morgan fingerprint density at radius 1 is 0.938 bits per heavy atom. The summed E-state index contributed by atoms with van der Waals surface area (Å²) < 4.78 is 34.4. The fraction of sp³-hybridized carbons (Fsp3) is 0.364. The number of hydrogen-bond acceptors (Lipinski definition) is 9. The van der Waals surface area contributed by atoms with Crippen LogP contribution in [0.25, 0.3) is 11.1 Å². The van der Waals surface area contributed by atoms with Crippen molar-refractivity contribution in [3.05, 3.63) is 53.6 Å². The SMILES string of the molecule is COC(=O)c1cc(C(=O)OC)cc(-c2ccc(O[C@H]3O[C@H](CO)[C@@H](O)[C@H](O)[C@@H]3F)cc2)c1. The van der Waals surface area contributed by atoms with Gasteiger partial charge >= 0.3 is 11.9 Å². The number of halogens is 1. The molecule has 3 N–H and O–H groups in total. The molecule has 0 saturated carbocycles. The van der Waals surface area contributed by atoms with E-state index in [1.165, 1.54) is 32.4 Å². The van der Waals surface area contributed by atoms with E-state index in [2.05, 4.69) is 0 Å². The molecule has 0 aliphatic carbocycles. The lowest BCUT2D eigenvalue weighted by Gasteiger charge is -2.38. The minimum absolute atomic E-state index is 0.157. The zero-order chi connectivity index (χ0) is 23.4. The smallest absolute Gasteiger partial charge is 0.337 e. The van der Waals surface area contributed by atoms with Gasteiger partial charge in [0.15, 0.2) is 6.17 Å². The fourth-order valence-electron chi connectivity index (χ4n) is 3.27. The summed E-state index contributed by atoms with van der Waals surface area (Å²) in [5, 5.41) is 28.7. The van der Waals surface area contributed by atoms with Gasteiger partial charge < -0.3 is 34.3 Å². The highest BCUT2D eigenvalue weighted by atomic mass is 19.1. The van der Waals surface area contributed by atoms with E-state index in [0.29, 0.717) is 11.1 Å². The maximum atomic E-state index is 14.3. The van der Waals surface area contributed by atoms with Crippen molar-refractivity contribution in [3.63, 3.8) is 0 Å². The first-order valence-electron chi connectivity index (χ1n) is 9.64. The average molecular weight is 450 g/mol. The van der Waals surface area contributed by atoms with Crippen LogP contribution in [0.3, 0.4) is 0 Å². The van der Waals surface area contributed by atoms with E-state index < -0.39 is 49.3 Å². The molecule has 2 aromatic carbocycles. The molecule has 0 unspecified atom stereocenters. The van der Waals surface area contributed by atoms with Crippen molar-refractivity contribution in [1.29, 1.82) is 0 Å². The first-order chi connectivity index (χ1) is 15.3. The molecule has 0 amide bonds. The van der Waals surface area contributed by atoms with E-state index in [4.69, 9.17) is 18.9 Å². The Bertz CT molecular complexity index is 926. The van der Waals surface area contributed by atoms with E-state index in [1.807, 2.05) is 0 Å². The second-order valence-electron chi connectivity index (χ2n) is 7.08. The molecule has 10 heteroatoms. The number of aliphatic hydroxyl groups is 3. The van der Waals surface area contributed by atoms with Gasteiger partial charge in [0, 0.05) is 0 Å². The summed E-state index contributed by atoms with van der Waals surface area (Å²) in [6.45, 7) is -0.622. The van der Waals surface area contributed by atoms with Gasteiger partial charge in [0.05, 0.1) is 32.0 Å². The summed E-state index contributed by atoms with van der Waals surface area (Å²) in [4.78, 5) is 23.9. The predicted molar refractivity (Wildman–Crippen MR) is 108 cm³/mol. The van der Waals surface area contributed by atoms with E-state index in [9.17, 15) is 29.3 Å². The molecule has 1 saturated heterocycles. The normalized spacial score (nSPS) is 25.1. The van der Waals surface area contributed by atoms with Crippen molar-refractivity contribution < 1.29 is 48.2 Å². The Balaban J connectivity index is 1.84. The van der Waals surface area contributed by atoms with Gasteiger partial charge in [-0.2, -0.15) is 0 Å². The topological polar surface area (TPSA) is 132 Å². The summed E-state index contributed by atoms with van der Waals surface area (Å²) in [6, 6.07) is 10.7. The number of ether oxygens (including phenoxy) is 4. The van der Waals surface area contributed by atoms with Crippen molar-refractivity contribution in [2.24, 2.45) is 0 Å². The Morgan fingerprint density at radius 3 is 2.00 bits per heavy atom. The van der Waals surface area contributed by atoms with Crippen LogP contribution in [0.1, 0.15) is 20.7 Å². The van der Waals surface area contributed by atoms with Gasteiger partial charge in [0.25, 0.3) is 0 Å². The third-order valence-corrected chi connectivity index (χ3v) is 5.02. The van der Waals surface area contributed by atoms with Crippen LogP contribution in [0.5, 0.6) is 5.75 Å². The molecular weight excluding hydrogens is 427 g/mol. The molecule has 32 heavy (non-hydrogen) atoms. The van der Waals surface area contributed by atoms with Gasteiger partial charge in [-0.05, 0) is 41.5 Å². The Labute approximate surface area is 182 Å². The molecule has 3 rings (SSSR count). The van der Waals surface area contributed by atoms with E-state index in [1.54, 1.807) is 24.3 Å². The largest absolute Gasteiger partial charge is 0.465 e. The first kappa shape index (κ1) is 23.6. The van der Waals surface area contributed by atoms with Gasteiger partial charge in [-0.3, -0.25) is 0 Å². The molecule has 0 radical (unpaired) electrons. The summed E-state index contributed by atoms with van der Waals surface area (Å²) in [5.74, 6) is -1.06. The third-order valence-electron chi connectivity index (χ3n) is 5.02. The summed E-state index contributed by atoms with van der Waals surface area (Å²) >= 11 is 0. The van der Waals surface area contributed by atoms with Gasteiger partial charge in [-0.15, -0.1) is 0 Å². The highest BCUT2D eigenvalue weighted by Crippen LogP contribution is 2.29. The Hall–Kier alpha value is -3.05. The lowest BCUT2D eigenvalue weighted by atomic mass is 9.99. The number of carbonyl (C=O) groups is 2. The Morgan fingerprint density at radius 2 is 1.50 bits per heavy atom. The van der Waals surface area contributed by atoms with Crippen LogP contribution in [-0.2, 0) is 14.2 Å². The van der Waals surface area contributed by atoms with E-state index >= 15 is 0 Å². The maximum absolute atomic E-state index is 14.3. The molecule has 1 heterocycles. The van der Waals surface area contributed by atoms with Crippen LogP contribution in [0, 0.1) is 0 Å². The highest BCUT2D eigenvalue weighted by molar-refractivity contribution is 5.97. The minimum atomic E-state index is -2.04. The van der Waals surface area contributed by atoms with Gasteiger partial charge in [0.2, 0.25) is 6.29 Å². The Kier molecular flexibility index (Phi) is 7.41. The van der Waals surface area contributed by atoms with Crippen LogP contribution in [0.2, 0.25) is 0 Å². The monoisotopic (exact) mass is 450 g/mol. The molecule has 9 nitrogen and oxygen atoms in total. The number of carbonyl (C=O) groups excluding carboxylic acids is 2. The molecule has 0 spiro atoms. The van der Waals surface area contributed by atoms with Crippen LogP contribution in [-0.4, -0.2) is 78.9 Å². The van der Waals surface area contributed by atoms with Crippen LogP contribution >= 0.6 is 0 Å². The van der Waals surface area contributed by atoms with Crippen LogP contribution in [0.4, 0.5) is 4.39 Å². The number of aliphatic hydroxyl groups excluding tert-OH is 3. The molecule has 5 atom stereocenters. The van der Waals surface area contributed by atoms with Crippen molar-refractivity contribution in [3.8, 4) is 16.9 Å². The van der Waals surface area contributed by atoms with E-state index in [-0.39, 0.29) is 16.9 Å². The van der Waals surface area contributed by atoms with Gasteiger partial charge in [-0.1, -0.05) is 12.1 Å². The molecule has 1 aliphatic heterocycles. The number of rotatable bonds is 6. The second-order valence-corrected chi connectivity index (χ2v) is 7.08. The third kappa shape index (κ3) is 4.89. The average Bonchev–Trinajstić information content (AvgIpc) is 2.83. The van der Waals surface area contributed by atoms with Crippen molar-refractivity contribution in [2.45, 2.75) is 30.8 Å². The van der Waals surface area contributed by atoms with Crippen LogP contribution < -0.4 is 4.74 Å². The van der Waals surface area contributed by atoms with Gasteiger partial charge in [0.1, 0.15) is 24.1 Å². The zero-order valence-corrected chi connectivity index (χ0v) is 17.3. The summed E-state index contributed by atoms with van der Waals surface area (Å²) in [5.41, 5.74) is 1.45.